The number of morpholine rings is 1. The van der Waals surface area contributed by atoms with E-state index in [-0.39, 0.29) is 22.4 Å². The summed E-state index contributed by atoms with van der Waals surface area (Å²) < 4.78 is 38.0. The lowest BCUT2D eigenvalue weighted by atomic mass is 9.99. The summed E-state index contributed by atoms with van der Waals surface area (Å²) in [6, 6.07) is 13.0. The summed E-state index contributed by atoms with van der Waals surface area (Å²) in [5, 5.41) is 2.96. The van der Waals surface area contributed by atoms with Gasteiger partial charge in [-0.05, 0) is 42.7 Å². The fourth-order valence-corrected chi connectivity index (χ4v) is 5.75. The Morgan fingerprint density at radius 2 is 1.85 bits per heavy atom. The summed E-state index contributed by atoms with van der Waals surface area (Å²) in [4.78, 5) is 15.5. The molecule has 0 spiro atoms. The van der Waals surface area contributed by atoms with Crippen molar-refractivity contribution in [2.75, 3.05) is 46.5 Å². The van der Waals surface area contributed by atoms with Crippen LogP contribution < -0.4 is 10.1 Å². The number of methoxy groups -OCH3 is 1. The van der Waals surface area contributed by atoms with Crippen LogP contribution in [0.1, 0.15) is 28.4 Å². The fraction of sp³-hybridized carbons (Fsp3) is 0.458. The van der Waals surface area contributed by atoms with Crippen molar-refractivity contribution in [3.05, 3.63) is 59.2 Å². The number of nitrogens with zero attached hydrogens (tertiary/aromatic N) is 2. The van der Waals surface area contributed by atoms with Gasteiger partial charge in [-0.2, -0.15) is 4.31 Å². The number of ether oxygens (including phenoxy) is 2. The van der Waals surface area contributed by atoms with Crippen LogP contribution in [0.4, 0.5) is 0 Å². The molecule has 1 saturated heterocycles. The molecule has 2 aliphatic heterocycles. The first-order chi connectivity index (χ1) is 15.9. The number of fused-ring (bicyclic) bond motifs is 1. The Labute approximate surface area is 195 Å². The van der Waals surface area contributed by atoms with E-state index in [9.17, 15) is 13.2 Å². The first-order valence-electron chi connectivity index (χ1n) is 11.2. The number of benzene rings is 2. The largest absolute Gasteiger partial charge is 0.496 e. The third-order valence-corrected chi connectivity index (χ3v) is 8.26. The van der Waals surface area contributed by atoms with E-state index in [2.05, 4.69) is 41.4 Å². The third-order valence-electron chi connectivity index (χ3n) is 6.36. The fourth-order valence-electron chi connectivity index (χ4n) is 4.32. The molecule has 4 rings (SSSR count). The molecular formula is C24H31N3O5S. The van der Waals surface area contributed by atoms with Gasteiger partial charge in [0, 0.05) is 38.8 Å². The maximum Gasteiger partial charge on any atom is 0.255 e. The van der Waals surface area contributed by atoms with E-state index in [1.165, 1.54) is 40.7 Å². The topological polar surface area (TPSA) is 88.2 Å². The molecule has 8 nitrogen and oxygen atoms in total. The minimum absolute atomic E-state index is 0.0797. The Kier molecular flexibility index (Phi) is 7.33. The standard InChI is InChI=1S/C24H31N3O5S/c1-18(26-10-9-19-5-3-4-6-20(19)17-26)16-25-24(28)22-15-21(7-8-23(22)31-2)33(29,30)27-11-13-32-14-12-27/h3-8,15,18H,9-14,16-17H2,1-2H3,(H,25,28). The van der Waals surface area contributed by atoms with Gasteiger partial charge in [-0.25, -0.2) is 8.42 Å². The van der Waals surface area contributed by atoms with Crippen molar-refractivity contribution in [2.45, 2.75) is 30.8 Å². The monoisotopic (exact) mass is 473 g/mol. The first-order valence-corrected chi connectivity index (χ1v) is 12.7. The van der Waals surface area contributed by atoms with Crippen molar-refractivity contribution in [1.82, 2.24) is 14.5 Å². The first kappa shape index (κ1) is 23.7. The lowest BCUT2D eigenvalue weighted by Crippen LogP contribution is -2.44. The molecule has 9 heteroatoms. The number of rotatable bonds is 7. The summed E-state index contributed by atoms with van der Waals surface area (Å²) in [6.07, 6.45) is 0.990. The molecule has 1 unspecified atom stereocenters. The van der Waals surface area contributed by atoms with E-state index in [1.807, 2.05) is 0 Å². The SMILES string of the molecule is COc1ccc(S(=O)(=O)N2CCOCC2)cc1C(=O)NCC(C)N1CCc2ccccc2C1. The molecule has 0 saturated carbocycles. The van der Waals surface area contributed by atoms with Gasteiger partial charge < -0.3 is 14.8 Å². The Morgan fingerprint density at radius 3 is 2.58 bits per heavy atom. The molecule has 178 valence electrons. The number of carbonyl (C=O) groups is 1. The molecule has 2 aliphatic rings. The average Bonchev–Trinajstić information content (AvgIpc) is 2.86. The summed E-state index contributed by atoms with van der Waals surface area (Å²) >= 11 is 0. The van der Waals surface area contributed by atoms with Crippen molar-refractivity contribution in [2.24, 2.45) is 0 Å². The maximum atomic E-state index is 13.0. The number of hydrogen-bond donors (Lipinski definition) is 1. The Hall–Kier alpha value is -2.46. The van der Waals surface area contributed by atoms with Crippen LogP contribution >= 0.6 is 0 Å². The van der Waals surface area contributed by atoms with Crippen molar-refractivity contribution in [3.8, 4) is 5.75 Å². The van der Waals surface area contributed by atoms with Gasteiger partial charge >= 0.3 is 0 Å². The number of hydrogen-bond acceptors (Lipinski definition) is 6. The van der Waals surface area contributed by atoms with E-state index in [0.29, 0.717) is 38.6 Å². The smallest absolute Gasteiger partial charge is 0.255 e. The summed E-state index contributed by atoms with van der Waals surface area (Å²) in [5.41, 5.74) is 2.92. The van der Waals surface area contributed by atoms with Gasteiger partial charge in [-0.3, -0.25) is 9.69 Å². The molecule has 1 atom stereocenters. The zero-order chi connectivity index (χ0) is 23.4. The van der Waals surface area contributed by atoms with Crippen LogP contribution in [0.2, 0.25) is 0 Å². The molecule has 1 amide bonds. The molecule has 1 fully saturated rings. The quantitative estimate of drug-likeness (QED) is 0.661. The number of sulfonamides is 1. The van der Waals surface area contributed by atoms with Crippen molar-refractivity contribution in [1.29, 1.82) is 0 Å². The predicted octanol–water partition coefficient (Wildman–Crippen LogP) is 1.89. The lowest BCUT2D eigenvalue weighted by Gasteiger charge is -2.33. The van der Waals surface area contributed by atoms with E-state index >= 15 is 0 Å². The van der Waals surface area contributed by atoms with Gasteiger partial charge in [0.15, 0.2) is 0 Å². The van der Waals surface area contributed by atoms with Gasteiger partial charge in [0.25, 0.3) is 5.91 Å². The lowest BCUT2D eigenvalue weighted by molar-refractivity contribution is 0.0730. The molecule has 1 N–H and O–H groups in total. The van der Waals surface area contributed by atoms with Gasteiger partial charge in [0.1, 0.15) is 5.75 Å². The Balaban J connectivity index is 1.44. The van der Waals surface area contributed by atoms with E-state index in [4.69, 9.17) is 9.47 Å². The molecule has 2 heterocycles. The van der Waals surface area contributed by atoms with Crippen molar-refractivity contribution >= 4 is 15.9 Å². The van der Waals surface area contributed by atoms with E-state index in [1.54, 1.807) is 0 Å². The molecule has 0 bridgehead atoms. The molecule has 2 aromatic rings. The highest BCUT2D eigenvalue weighted by molar-refractivity contribution is 7.89. The third kappa shape index (κ3) is 5.22. The van der Waals surface area contributed by atoms with Crippen molar-refractivity contribution in [3.63, 3.8) is 0 Å². The molecule has 0 radical (unpaired) electrons. The number of nitrogens with one attached hydrogen (secondary N) is 1. The highest BCUT2D eigenvalue weighted by Gasteiger charge is 2.28. The van der Waals surface area contributed by atoms with Gasteiger partial charge in [0.05, 0.1) is 30.8 Å². The van der Waals surface area contributed by atoms with E-state index in [0.717, 1.165) is 19.5 Å². The Bertz CT molecular complexity index is 1100. The molecule has 2 aromatic carbocycles. The summed E-state index contributed by atoms with van der Waals surface area (Å²) in [7, 11) is -2.24. The second-order valence-electron chi connectivity index (χ2n) is 8.43. The maximum absolute atomic E-state index is 13.0. The highest BCUT2D eigenvalue weighted by atomic mass is 32.2. The van der Waals surface area contributed by atoms with Crippen molar-refractivity contribution < 1.29 is 22.7 Å². The normalized spacial score (nSPS) is 18.4. The molecular weight excluding hydrogens is 442 g/mol. The zero-order valence-corrected chi connectivity index (χ0v) is 19.9. The molecule has 0 aromatic heterocycles. The minimum atomic E-state index is -3.71. The molecule has 33 heavy (non-hydrogen) atoms. The second kappa shape index (κ2) is 10.2. The van der Waals surface area contributed by atoms with Gasteiger partial charge in [-0.1, -0.05) is 24.3 Å². The van der Waals surface area contributed by atoms with Crippen LogP contribution in [0, 0.1) is 0 Å². The summed E-state index contributed by atoms with van der Waals surface area (Å²) in [6.45, 7) is 5.64. The highest BCUT2D eigenvalue weighted by Crippen LogP contribution is 2.25. The second-order valence-corrected chi connectivity index (χ2v) is 10.4. The minimum Gasteiger partial charge on any atom is -0.496 e. The Morgan fingerprint density at radius 1 is 1.12 bits per heavy atom. The van der Waals surface area contributed by atoms with Crippen LogP contribution in [-0.4, -0.2) is 76.1 Å². The van der Waals surface area contributed by atoms with Crippen LogP contribution in [0.25, 0.3) is 0 Å². The zero-order valence-electron chi connectivity index (χ0n) is 19.1. The van der Waals surface area contributed by atoms with Crippen LogP contribution in [0.5, 0.6) is 5.75 Å². The molecule has 0 aliphatic carbocycles. The van der Waals surface area contributed by atoms with Gasteiger partial charge in [0.2, 0.25) is 10.0 Å². The van der Waals surface area contributed by atoms with Gasteiger partial charge in [-0.15, -0.1) is 0 Å². The van der Waals surface area contributed by atoms with Crippen LogP contribution in [0.3, 0.4) is 0 Å². The number of carbonyl (C=O) groups excluding carboxylic acids is 1. The van der Waals surface area contributed by atoms with Crippen LogP contribution in [-0.2, 0) is 27.7 Å². The number of amides is 1. The predicted molar refractivity (Wildman–Crippen MR) is 125 cm³/mol. The average molecular weight is 474 g/mol. The van der Waals surface area contributed by atoms with Crippen LogP contribution in [0.15, 0.2) is 47.4 Å². The summed E-state index contributed by atoms with van der Waals surface area (Å²) in [5.74, 6) is -0.0110. The van der Waals surface area contributed by atoms with E-state index < -0.39 is 10.0 Å².